The molecule has 112 valence electrons. The van der Waals surface area contributed by atoms with Crippen molar-refractivity contribution in [2.45, 2.75) is 65.8 Å². The third-order valence-corrected chi connectivity index (χ3v) is 4.65. The largest absolute Gasteiger partial charge is 0.340 e. The minimum Gasteiger partial charge on any atom is -0.340 e. The van der Waals surface area contributed by atoms with Crippen LogP contribution in [0, 0.1) is 17.8 Å². The van der Waals surface area contributed by atoms with Crippen LogP contribution in [0.15, 0.2) is 0 Å². The van der Waals surface area contributed by atoms with E-state index in [-0.39, 0.29) is 0 Å². The van der Waals surface area contributed by atoms with Gasteiger partial charge in [0.1, 0.15) is 0 Å². The van der Waals surface area contributed by atoms with Crippen molar-refractivity contribution in [3.05, 3.63) is 0 Å². The van der Waals surface area contributed by atoms with Gasteiger partial charge in [0.25, 0.3) is 0 Å². The van der Waals surface area contributed by atoms with Gasteiger partial charge in [-0.15, -0.1) is 0 Å². The Balaban J connectivity index is 2.44. The molecule has 1 rings (SSSR count). The van der Waals surface area contributed by atoms with Crippen molar-refractivity contribution >= 4 is 5.91 Å². The SMILES string of the molecule is CC1CCC(C)N(C(=O)CCC(CCN)C(C)C)C1. The second kappa shape index (κ2) is 7.88. The third kappa shape index (κ3) is 5.13. The summed E-state index contributed by atoms with van der Waals surface area (Å²) in [6.07, 6.45) is 5.14. The Bertz CT molecular complexity index is 278. The molecule has 3 unspecified atom stereocenters. The van der Waals surface area contributed by atoms with Gasteiger partial charge in [-0.25, -0.2) is 0 Å². The smallest absolute Gasteiger partial charge is 0.222 e. The van der Waals surface area contributed by atoms with Crippen molar-refractivity contribution in [1.82, 2.24) is 4.90 Å². The maximum absolute atomic E-state index is 12.4. The highest BCUT2D eigenvalue weighted by Gasteiger charge is 2.27. The predicted octanol–water partition coefficient (Wildman–Crippen LogP) is 3.03. The number of nitrogens with two attached hydrogens (primary N) is 1. The van der Waals surface area contributed by atoms with Gasteiger partial charge in [-0.1, -0.05) is 20.8 Å². The molecule has 1 aliphatic rings. The molecule has 0 aliphatic carbocycles. The Morgan fingerprint density at radius 1 is 1.26 bits per heavy atom. The molecule has 3 heteroatoms. The Hall–Kier alpha value is -0.570. The second-order valence-electron chi connectivity index (χ2n) is 6.70. The molecule has 0 aromatic carbocycles. The average molecular weight is 268 g/mol. The summed E-state index contributed by atoms with van der Waals surface area (Å²) in [5, 5.41) is 0. The minimum absolute atomic E-state index is 0.349. The topological polar surface area (TPSA) is 46.3 Å². The summed E-state index contributed by atoms with van der Waals surface area (Å²) in [5.74, 6) is 2.22. The number of nitrogens with zero attached hydrogens (tertiary/aromatic N) is 1. The molecule has 1 fully saturated rings. The number of hydrogen-bond donors (Lipinski definition) is 1. The minimum atomic E-state index is 0.349. The van der Waals surface area contributed by atoms with Crippen LogP contribution in [0.25, 0.3) is 0 Å². The van der Waals surface area contributed by atoms with Crippen LogP contribution in [-0.2, 0) is 4.79 Å². The molecule has 1 heterocycles. The summed E-state index contributed by atoms with van der Waals surface area (Å²) in [6.45, 7) is 10.6. The number of rotatable bonds is 6. The monoisotopic (exact) mass is 268 g/mol. The molecule has 1 aliphatic heterocycles. The summed E-state index contributed by atoms with van der Waals surface area (Å²) in [7, 11) is 0. The van der Waals surface area contributed by atoms with E-state index in [1.54, 1.807) is 0 Å². The van der Waals surface area contributed by atoms with Crippen LogP contribution in [0.5, 0.6) is 0 Å². The standard InChI is InChI=1S/C16H32N2O/c1-12(2)15(9-10-17)7-8-16(19)18-11-13(3)5-6-14(18)4/h12-15H,5-11,17H2,1-4H3. The summed E-state index contributed by atoms with van der Waals surface area (Å²) in [6, 6.07) is 0.427. The third-order valence-electron chi connectivity index (χ3n) is 4.65. The fourth-order valence-electron chi connectivity index (χ4n) is 3.11. The van der Waals surface area contributed by atoms with Gasteiger partial charge in [0.15, 0.2) is 0 Å². The molecule has 0 radical (unpaired) electrons. The number of carbonyl (C=O) groups excluding carboxylic acids is 1. The summed E-state index contributed by atoms with van der Waals surface area (Å²) < 4.78 is 0. The Morgan fingerprint density at radius 2 is 1.95 bits per heavy atom. The van der Waals surface area contributed by atoms with E-state index in [4.69, 9.17) is 5.73 Å². The highest BCUT2D eigenvalue weighted by atomic mass is 16.2. The van der Waals surface area contributed by atoms with Crippen LogP contribution >= 0.6 is 0 Å². The van der Waals surface area contributed by atoms with Gasteiger partial charge in [-0.3, -0.25) is 4.79 Å². The van der Waals surface area contributed by atoms with Crippen LogP contribution in [0.1, 0.15) is 59.8 Å². The van der Waals surface area contributed by atoms with Gasteiger partial charge in [-0.2, -0.15) is 0 Å². The number of amides is 1. The maximum atomic E-state index is 12.4. The van der Waals surface area contributed by atoms with E-state index in [0.717, 1.165) is 32.4 Å². The molecule has 3 nitrogen and oxygen atoms in total. The van der Waals surface area contributed by atoms with Crippen molar-refractivity contribution in [1.29, 1.82) is 0 Å². The molecule has 1 saturated heterocycles. The number of likely N-dealkylation sites (tertiary alicyclic amines) is 1. The first-order chi connectivity index (χ1) is 8.95. The number of hydrogen-bond acceptors (Lipinski definition) is 2. The second-order valence-corrected chi connectivity index (χ2v) is 6.70. The maximum Gasteiger partial charge on any atom is 0.222 e. The van der Waals surface area contributed by atoms with Crippen molar-refractivity contribution in [2.24, 2.45) is 23.5 Å². The van der Waals surface area contributed by atoms with Gasteiger partial charge in [0.2, 0.25) is 5.91 Å². The van der Waals surface area contributed by atoms with E-state index in [1.807, 2.05) is 0 Å². The fraction of sp³-hybridized carbons (Fsp3) is 0.938. The number of carbonyl (C=O) groups is 1. The number of piperidine rings is 1. The van der Waals surface area contributed by atoms with E-state index in [1.165, 1.54) is 6.42 Å². The first kappa shape index (κ1) is 16.5. The van der Waals surface area contributed by atoms with E-state index < -0.39 is 0 Å². The van der Waals surface area contributed by atoms with E-state index >= 15 is 0 Å². The fourth-order valence-corrected chi connectivity index (χ4v) is 3.11. The lowest BCUT2D eigenvalue weighted by atomic mass is 9.87. The van der Waals surface area contributed by atoms with Gasteiger partial charge < -0.3 is 10.6 Å². The Labute approximate surface area is 118 Å². The van der Waals surface area contributed by atoms with Gasteiger partial charge in [0.05, 0.1) is 0 Å². The van der Waals surface area contributed by atoms with Crippen molar-refractivity contribution in [3.8, 4) is 0 Å². The molecule has 0 spiro atoms. The lowest BCUT2D eigenvalue weighted by molar-refractivity contribution is -0.135. The zero-order valence-electron chi connectivity index (χ0n) is 13.2. The highest BCUT2D eigenvalue weighted by Crippen LogP contribution is 2.25. The lowest BCUT2D eigenvalue weighted by Crippen LogP contribution is -2.45. The quantitative estimate of drug-likeness (QED) is 0.805. The van der Waals surface area contributed by atoms with Gasteiger partial charge in [-0.05, 0) is 56.9 Å². The molecule has 1 amide bonds. The molecule has 3 atom stereocenters. The first-order valence-corrected chi connectivity index (χ1v) is 7.95. The molecule has 2 N–H and O–H groups in total. The van der Waals surface area contributed by atoms with Crippen molar-refractivity contribution in [2.75, 3.05) is 13.1 Å². The first-order valence-electron chi connectivity index (χ1n) is 7.95. The zero-order chi connectivity index (χ0) is 14.4. The van der Waals surface area contributed by atoms with E-state index in [9.17, 15) is 4.79 Å². The van der Waals surface area contributed by atoms with Crippen LogP contribution in [0.4, 0.5) is 0 Å². The lowest BCUT2D eigenvalue weighted by Gasteiger charge is -2.37. The molecule has 0 aromatic rings. The zero-order valence-corrected chi connectivity index (χ0v) is 13.2. The van der Waals surface area contributed by atoms with Gasteiger partial charge in [0, 0.05) is 19.0 Å². The highest BCUT2D eigenvalue weighted by molar-refractivity contribution is 5.76. The van der Waals surface area contributed by atoms with Crippen molar-refractivity contribution in [3.63, 3.8) is 0 Å². The normalized spacial score (nSPS) is 25.7. The van der Waals surface area contributed by atoms with Crippen LogP contribution in [0.3, 0.4) is 0 Å². The molecule has 0 saturated carbocycles. The molecular formula is C16H32N2O. The Morgan fingerprint density at radius 3 is 2.53 bits per heavy atom. The van der Waals surface area contributed by atoms with Crippen LogP contribution < -0.4 is 5.73 Å². The Kier molecular flexibility index (Phi) is 6.84. The summed E-state index contributed by atoms with van der Waals surface area (Å²) >= 11 is 0. The molecule has 0 bridgehead atoms. The average Bonchev–Trinajstić information content (AvgIpc) is 2.36. The predicted molar refractivity (Wildman–Crippen MR) is 80.8 cm³/mol. The summed E-state index contributed by atoms with van der Waals surface area (Å²) in [5.41, 5.74) is 5.66. The molecule has 19 heavy (non-hydrogen) atoms. The van der Waals surface area contributed by atoms with Crippen LogP contribution in [0.2, 0.25) is 0 Å². The van der Waals surface area contributed by atoms with E-state index in [0.29, 0.717) is 36.1 Å². The van der Waals surface area contributed by atoms with Crippen LogP contribution in [-0.4, -0.2) is 29.9 Å². The summed E-state index contributed by atoms with van der Waals surface area (Å²) in [4.78, 5) is 14.5. The molecule has 0 aromatic heterocycles. The van der Waals surface area contributed by atoms with E-state index in [2.05, 4.69) is 32.6 Å². The van der Waals surface area contributed by atoms with Gasteiger partial charge >= 0.3 is 0 Å². The van der Waals surface area contributed by atoms with Crippen molar-refractivity contribution < 1.29 is 4.79 Å². The molecular weight excluding hydrogens is 236 g/mol.